The molecule has 3 saturated heterocycles. The van der Waals surface area contributed by atoms with E-state index < -0.39 is 72.2 Å². The number of nitriles is 1. The van der Waals surface area contributed by atoms with Crippen LogP contribution in [-0.2, 0) is 19.2 Å². The summed E-state index contributed by atoms with van der Waals surface area (Å²) < 4.78 is 68.9. The van der Waals surface area contributed by atoms with Crippen LogP contribution in [0, 0.1) is 29.1 Å². The largest absolute Gasteiger partial charge is 0.471 e. The van der Waals surface area contributed by atoms with Crippen molar-refractivity contribution in [2.45, 2.75) is 94.1 Å². The van der Waals surface area contributed by atoms with Crippen LogP contribution < -0.4 is 16.0 Å². The summed E-state index contributed by atoms with van der Waals surface area (Å²) >= 11 is 0. The van der Waals surface area contributed by atoms with Gasteiger partial charge in [0.1, 0.15) is 18.1 Å². The predicted octanol–water partition coefficient (Wildman–Crippen LogP) is 1.77. The van der Waals surface area contributed by atoms with Gasteiger partial charge in [0.2, 0.25) is 17.7 Å². The Kier molecular flexibility index (Phi) is 7.86. The zero-order valence-electron chi connectivity index (χ0n) is 20.5. The van der Waals surface area contributed by atoms with Gasteiger partial charge in [-0.3, -0.25) is 19.2 Å². The molecule has 0 radical (unpaired) electrons. The van der Waals surface area contributed by atoms with Crippen LogP contribution in [0.25, 0.3) is 0 Å². The zero-order chi connectivity index (χ0) is 27.8. The van der Waals surface area contributed by atoms with Crippen LogP contribution in [0.2, 0.25) is 0 Å². The van der Waals surface area contributed by atoms with Crippen molar-refractivity contribution in [3.63, 3.8) is 0 Å². The number of alkyl halides is 5. The van der Waals surface area contributed by atoms with Gasteiger partial charge in [-0.15, -0.1) is 0 Å². The Bertz CT molecular complexity index is 1010. The molecule has 2 bridgehead atoms. The average Bonchev–Trinajstić information content (AvgIpc) is 3.21. The summed E-state index contributed by atoms with van der Waals surface area (Å²) in [5.74, 6) is -10.2. The summed E-state index contributed by atoms with van der Waals surface area (Å²) in [4.78, 5) is 51.5. The van der Waals surface area contributed by atoms with E-state index in [1.807, 2.05) is 6.07 Å². The normalized spacial score (nSPS) is 30.0. The molecular formula is C24H30F5N5O4. The molecule has 0 unspecified atom stereocenters. The van der Waals surface area contributed by atoms with Crippen LogP contribution in [0.15, 0.2) is 0 Å². The molecule has 5 fully saturated rings. The van der Waals surface area contributed by atoms with Crippen LogP contribution in [0.1, 0.15) is 57.8 Å². The second kappa shape index (κ2) is 10.6. The molecular weight excluding hydrogens is 517 g/mol. The van der Waals surface area contributed by atoms with Crippen molar-refractivity contribution in [2.24, 2.45) is 17.8 Å². The van der Waals surface area contributed by atoms with Gasteiger partial charge in [-0.1, -0.05) is 19.3 Å². The molecule has 3 N–H and O–H groups in total. The number of nitrogens with one attached hydrogen (secondary N) is 3. The van der Waals surface area contributed by atoms with Gasteiger partial charge in [0.05, 0.1) is 12.0 Å². The molecule has 3 aliphatic heterocycles. The Balaban J connectivity index is 1.58. The van der Waals surface area contributed by atoms with Crippen molar-refractivity contribution in [1.82, 2.24) is 20.9 Å². The SMILES string of the molecule is N#C[C@H](C[C@H]1CCNC1=O)NC(=O)[C@@H]1[C@H]2CC[C@H](CC2(F)F)N1C(=O)[C@@H](CC1CCC1)NC(=O)C(F)(F)F. The van der Waals surface area contributed by atoms with E-state index >= 15 is 0 Å². The third-order valence-corrected chi connectivity index (χ3v) is 8.27. The number of carbonyl (C=O) groups is 4. The van der Waals surface area contributed by atoms with Crippen molar-refractivity contribution < 1.29 is 41.1 Å². The van der Waals surface area contributed by atoms with E-state index in [2.05, 4.69) is 10.6 Å². The molecule has 2 aliphatic carbocycles. The molecule has 5 aliphatic rings. The minimum Gasteiger partial charge on any atom is -0.356 e. The Morgan fingerprint density at radius 2 is 1.82 bits per heavy atom. The molecule has 210 valence electrons. The van der Waals surface area contributed by atoms with Crippen LogP contribution in [0.3, 0.4) is 0 Å². The predicted molar refractivity (Wildman–Crippen MR) is 120 cm³/mol. The quantitative estimate of drug-likeness (QED) is 0.399. The van der Waals surface area contributed by atoms with Crippen molar-refractivity contribution >= 4 is 23.6 Å². The number of piperidine rings is 2. The second-order valence-corrected chi connectivity index (χ2v) is 10.8. The van der Waals surface area contributed by atoms with Gasteiger partial charge in [-0.2, -0.15) is 18.4 Å². The minimum absolute atomic E-state index is 0.0504. The van der Waals surface area contributed by atoms with E-state index in [0.717, 1.165) is 11.3 Å². The highest BCUT2D eigenvalue weighted by Gasteiger charge is 2.61. The van der Waals surface area contributed by atoms with Crippen LogP contribution >= 0.6 is 0 Å². The fourth-order valence-electron chi connectivity index (χ4n) is 6.08. The Labute approximate surface area is 215 Å². The molecule has 0 spiro atoms. The fraction of sp³-hybridized carbons (Fsp3) is 0.792. The van der Waals surface area contributed by atoms with Crippen molar-refractivity contribution in [2.75, 3.05) is 6.54 Å². The third kappa shape index (κ3) is 5.71. The van der Waals surface area contributed by atoms with E-state index in [9.17, 15) is 46.4 Å². The molecule has 0 aromatic carbocycles. The maximum absolute atomic E-state index is 14.9. The Morgan fingerprint density at radius 1 is 1.11 bits per heavy atom. The van der Waals surface area contributed by atoms with Gasteiger partial charge < -0.3 is 20.9 Å². The van der Waals surface area contributed by atoms with Crippen LogP contribution in [0.5, 0.6) is 0 Å². The first-order chi connectivity index (χ1) is 17.8. The highest BCUT2D eigenvalue weighted by atomic mass is 19.4. The number of fused-ring (bicyclic) bond motifs is 3. The van der Waals surface area contributed by atoms with Gasteiger partial charge in [-0.25, -0.2) is 8.78 Å². The summed E-state index contributed by atoms with van der Waals surface area (Å²) in [6.45, 7) is 0.405. The lowest BCUT2D eigenvalue weighted by atomic mass is 9.71. The molecule has 14 heteroatoms. The lowest BCUT2D eigenvalue weighted by Gasteiger charge is -2.54. The monoisotopic (exact) mass is 547 g/mol. The molecule has 5 rings (SSSR count). The van der Waals surface area contributed by atoms with Gasteiger partial charge in [0.25, 0.3) is 5.92 Å². The molecule has 6 atom stereocenters. The average molecular weight is 548 g/mol. The van der Waals surface area contributed by atoms with E-state index in [1.54, 1.807) is 5.32 Å². The van der Waals surface area contributed by atoms with Crippen molar-refractivity contribution in [3.8, 4) is 6.07 Å². The standard InChI is InChI=1S/C24H30F5N5O4/c25-23(26)10-15-4-5-16(23)18(20(36)32-14(11-30)9-13-6-7-31-19(13)35)34(15)21(37)17(8-12-2-1-3-12)33-22(38)24(27,28)29/h12-18H,1-10H2,(H,31,35)(H,32,36)(H,33,38)/t13-,14+,15-,16-,17-,18+/m1/s1. The number of hydrogen-bond acceptors (Lipinski definition) is 5. The lowest BCUT2D eigenvalue weighted by molar-refractivity contribution is -0.196. The zero-order valence-corrected chi connectivity index (χ0v) is 20.5. The number of halogens is 5. The number of hydrogen-bond donors (Lipinski definition) is 3. The molecule has 9 nitrogen and oxygen atoms in total. The minimum atomic E-state index is -5.25. The molecule has 2 saturated carbocycles. The van der Waals surface area contributed by atoms with E-state index in [-0.39, 0.29) is 37.5 Å². The fourth-order valence-corrected chi connectivity index (χ4v) is 6.08. The summed E-state index contributed by atoms with van der Waals surface area (Å²) in [5, 5.41) is 16.3. The maximum Gasteiger partial charge on any atom is 0.471 e. The van der Waals surface area contributed by atoms with Gasteiger partial charge in [0.15, 0.2) is 0 Å². The Hall–Kier alpha value is -2.98. The first-order valence-electron chi connectivity index (χ1n) is 12.9. The summed E-state index contributed by atoms with van der Waals surface area (Å²) in [6.07, 6.45) is -3.56. The number of carbonyl (C=O) groups excluding carboxylic acids is 4. The van der Waals surface area contributed by atoms with E-state index in [0.29, 0.717) is 25.8 Å². The van der Waals surface area contributed by atoms with Crippen LogP contribution in [-0.4, -0.2) is 71.3 Å². The number of rotatable bonds is 8. The van der Waals surface area contributed by atoms with Crippen LogP contribution in [0.4, 0.5) is 22.0 Å². The highest BCUT2D eigenvalue weighted by molar-refractivity contribution is 5.94. The van der Waals surface area contributed by atoms with E-state index in [1.165, 1.54) is 0 Å². The van der Waals surface area contributed by atoms with Crippen molar-refractivity contribution in [3.05, 3.63) is 0 Å². The second-order valence-electron chi connectivity index (χ2n) is 10.8. The van der Waals surface area contributed by atoms with Gasteiger partial charge >= 0.3 is 12.1 Å². The highest BCUT2D eigenvalue weighted by Crippen LogP contribution is 2.49. The maximum atomic E-state index is 14.9. The lowest BCUT2D eigenvalue weighted by Crippen LogP contribution is -2.71. The number of amides is 4. The first-order valence-corrected chi connectivity index (χ1v) is 12.9. The molecule has 4 amide bonds. The smallest absolute Gasteiger partial charge is 0.356 e. The van der Waals surface area contributed by atoms with Gasteiger partial charge in [-0.05, 0) is 38.0 Å². The third-order valence-electron chi connectivity index (χ3n) is 8.27. The van der Waals surface area contributed by atoms with E-state index in [4.69, 9.17) is 0 Å². The molecule has 0 aromatic rings. The molecule has 3 heterocycles. The Morgan fingerprint density at radius 3 is 2.34 bits per heavy atom. The van der Waals surface area contributed by atoms with Crippen molar-refractivity contribution in [1.29, 1.82) is 5.26 Å². The number of nitrogens with zero attached hydrogens (tertiary/aromatic N) is 2. The van der Waals surface area contributed by atoms with Gasteiger partial charge in [0, 0.05) is 24.9 Å². The first kappa shape index (κ1) is 28.0. The summed E-state index contributed by atoms with van der Waals surface area (Å²) in [5.41, 5.74) is 0. The topological polar surface area (TPSA) is 131 Å². The molecule has 38 heavy (non-hydrogen) atoms. The summed E-state index contributed by atoms with van der Waals surface area (Å²) in [7, 11) is 0. The summed E-state index contributed by atoms with van der Waals surface area (Å²) in [6, 6.07) is -3.83. The molecule has 0 aromatic heterocycles.